The number of ether oxygens (including phenoxy) is 4. The molecule has 0 spiro atoms. The van der Waals surface area contributed by atoms with E-state index in [-0.39, 0.29) is 42.1 Å². The molecule has 0 N–H and O–H groups in total. The molecule has 0 bridgehead atoms. The molecule has 8 rings (SSSR count). The van der Waals surface area contributed by atoms with Gasteiger partial charge in [0.2, 0.25) is 0 Å². The molecule has 0 aromatic heterocycles. The van der Waals surface area contributed by atoms with Gasteiger partial charge in [0, 0.05) is 0 Å². The number of carbonyl (C=O) groups is 2. The van der Waals surface area contributed by atoms with Gasteiger partial charge in [-0.25, -0.2) is 0 Å². The van der Waals surface area contributed by atoms with E-state index in [1.165, 1.54) is 56.7 Å². The predicted octanol–water partition coefficient (Wildman–Crippen LogP) is 10.7. The summed E-state index contributed by atoms with van der Waals surface area (Å²) >= 11 is 0. The van der Waals surface area contributed by atoms with Gasteiger partial charge in [-0.3, -0.25) is 0 Å². The van der Waals surface area contributed by atoms with Crippen molar-refractivity contribution in [2.24, 2.45) is 0 Å². The molecule has 0 heterocycles. The van der Waals surface area contributed by atoms with E-state index in [0.29, 0.717) is 0 Å². The Bertz CT molecular complexity index is 2080. The average Bonchev–Trinajstić information content (AvgIpc) is 3.76. The first-order chi connectivity index (χ1) is 31.5. The first kappa shape index (κ1) is 49.1. The van der Waals surface area contributed by atoms with Crippen molar-refractivity contribution >= 4 is 75.3 Å². The van der Waals surface area contributed by atoms with Gasteiger partial charge >= 0.3 is 383 Å². The topological polar surface area (TPSA) is 71.1 Å². The van der Waals surface area contributed by atoms with Gasteiger partial charge in [0.25, 0.3) is 0 Å². The second-order valence-corrected chi connectivity index (χ2v) is 24.0. The van der Waals surface area contributed by atoms with E-state index >= 15 is 0 Å². The monoisotopic (exact) mass is 972 g/mol. The summed E-state index contributed by atoms with van der Waals surface area (Å²) in [5.41, 5.74) is 0. The molecule has 340 valence electrons. The van der Waals surface area contributed by atoms with E-state index < -0.39 is 14.5 Å². The molecule has 2 aliphatic rings. The molecule has 6 aromatic carbocycles. The third-order valence-electron chi connectivity index (χ3n) is 12.7. The SMILES string of the molecule is Br.COC(=O)COC1=C([PH](c2ccccc2)(c2ccccc2)c2ccccc2)CCCCC1.COC(=O)COC1=C([PH](c2ccccc2)(c2ccccc2)c2ccccc2)CCCCC1. The molecule has 0 saturated heterocycles. The molecular formula is C56H63BrO6P2. The van der Waals surface area contributed by atoms with E-state index in [0.717, 1.165) is 75.7 Å². The zero-order valence-electron chi connectivity index (χ0n) is 37.7. The average molecular weight is 974 g/mol. The molecule has 0 amide bonds. The van der Waals surface area contributed by atoms with Gasteiger partial charge in [-0.05, 0) is 0 Å². The van der Waals surface area contributed by atoms with E-state index in [1.807, 2.05) is 0 Å². The number of hydrogen-bond acceptors (Lipinski definition) is 6. The summed E-state index contributed by atoms with van der Waals surface area (Å²) in [7, 11) is -2.38. The van der Waals surface area contributed by atoms with E-state index in [2.05, 4.69) is 182 Å². The van der Waals surface area contributed by atoms with Crippen molar-refractivity contribution in [3.05, 3.63) is 204 Å². The Morgan fingerprint density at radius 2 is 0.600 bits per heavy atom. The molecule has 0 aliphatic heterocycles. The van der Waals surface area contributed by atoms with Gasteiger partial charge in [0.1, 0.15) is 0 Å². The standard InChI is InChI=1S/2C28H31O3P.BrH/c2*1-30-28(29)22-31-26-20-12-5-13-21-27(26)32(23-14-6-2-7-15-23,24-16-8-3-9-17-24)25-18-10-4-11-19-25;/h2*2-4,6-11,14-19,32H,5,12-13,20-22H2,1H3;1H. The van der Waals surface area contributed by atoms with Crippen LogP contribution in [0.4, 0.5) is 0 Å². The minimum atomic E-state index is -2.60. The molecule has 2 aliphatic carbocycles. The molecule has 9 heteroatoms. The zero-order chi connectivity index (χ0) is 44.5. The van der Waals surface area contributed by atoms with Crippen molar-refractivity contribution < 1.29 is 28.5 Å². The first-order valence-corrected chi connectivity index (χ1v) is 26.7. The van der Waals surface area contributed by atoms with Crippen molar-refractivity contribution in [2.45, 2.75) is 64.2 Å². The Hall–Kier alpha value is -5.32. The Labute approximate surface area is 397 Å². The molecular weight excluding hydrogens is 910 g/mol. The van der Waals surface area contributed by atoms with Gasteiger partial charge in [0.05, 0.1) is 0 Å². The Balaban J connectivity index is 0.000000212. The third-order valence-corrected chi connectivity index (χ3v) is 22.7. The maximum absolute atomic E-state index is 11.9. The van der Waals surface area contributed by atoms with Crippen LogP contribution in [0.25, 0.3) is 0 Å². The minimum absolute atomic E-state index is 0. The summed E-state index contributed by atoms with van der Waals surface area (Å²) in [6, 6.07) is 65.3. The fourth-order valence-corrected chi connectivity index (χ4v) is 20.4. The second-order valence-electron chi connectivity index (χ2n) is 16.4. The summed E-state index contributed by atoms with van der Waals surface area (Å²) in [6.07, 6.45) is 10.4. The van der Waals surface area contributed by atoms with Crippen LogP contribution < -0.4 is 31.8 Å². The third kappa shape index (κ3) is 11.4. The quantitative estimate of drug-likeness (QED) is 0.0800. The molecule has 0 atom stereocenters. The summed E-state index contributed by atoms with van der Waals surface area (Å²) in [4.78, 5) is 23.9. The van der Waals surface area contributed by atoms with Crippen LogP contribution in [0.15, 0.2) is 204 Å². The van der Waals surface area contributed by atoms with Crippen molar-refractivity contribution in [1.82, 2.24) is 0 Å². The predicted molar refractivity (Wildman–Crippen MR) is 280 cm³/mol. The molecule has 0 saturated carbocycles. The van der Waals surface area contributed by atoms with Crippen LogP contribution in [0.1, 0.15) is 64.2 Å². The first-order valence-electron chi connectivity index (χ1n) is 22.7. The number of hydrogen-bond donors (Lipinski definition) is 0. The molecule has 6 nitrogen and oxygen atoms in total. The van der Waals surface area contributed by atoms with E-state index in [4.69, 9.17) is 18.9 Å². The summed E-state index contributed by atoms with van der Waals surface area (Å²) in [5, 5.41) is 10.8. The van der Waals surface area contributed by atoms with Gasteiger partial charge in [-0.1, -0.05) is 0 Å². The van der Waals surface area contributed by atoms with Crippen LogP contribution in [-0.4, -0.2) is 39.4 Å². The van der Waals surface area contributed by atoms with Gasteiger partial charge in [-0.2, -0.15) is 0 Å². The van der Waals surface area contributed by atoms with Crippen LogP contribution in [0.3, 0.4) is 0 Å². The molecule has 65 heavy (non-hydrogen) atoms. The number of allylic oxidation sites excluding steroid dienone is 4. The number of rotatable bonds is 14. The summed E-state index contributed by atoms with van der Waals surface area (Å²) in [6.45, 7) is -0.0869. The van der Waals surface area contributed by atoms with Gasteiger partial charge in [-0.15, -0.1) is 17.0 Å². The molecule has 0 radical (unpaired) electrons. The number of halogens is 1. The molecule has 0 fully saturated rings. The van der Waals surface area contributed by atoms with Crippen molar-refractivity contribution in [2.75, 3.05) is 27.4 Å². The van der Waals surface area contributed by atoms with Crippen molar-refractivity contribution in [3.63, 3.8) is 0 Å². The molecule has 0 unspecified atom stereocenters. The normalized spacial score (nSPS) is 14.8. The van der Waals surface area contributed by atoms with E-state index in [1.54, 1.807) is 0 Å². The number of esters is 2. The Morgan fingerprint density at radius 1 is 0.369 bits per heavy atom. The Morgan fingerprint density at radius 3 is 0.831 bits per heavy atom. The number of methoxy groups -OCH3 is 2. The van der Waals surface area contributed by atoms with Crippen molar-refractivity contribution in [3.8, 4) is 0 Å². The number of carbonyl (C=O) groups excluding carboxylic acids is 2. The van der Waals surface area contributed by atoms with Gasteiger partial charge in [0.15, 0.2) is 0 Å². The van der Waals surface area contributed by atoms with Crippen LogP contribution in [0, 0.1) is 0 Å². The molecule has 6 aromatic rings. The summed E-state index contributed by atoms with van der Waals surface area (Å²) < 4.78 is 22.2. The zero-order valence-corrected chi connectivity index (χ0v) is 41.4. The van der Waals surface area contributed by atoms with Gasteiger partial charge < -0.3 is 0 Å². The number of benzene rings is 6. The van der Waals surface area contributed by atoms with Crippen LogP contribution in [0.5, 0.6) is 0 Å². The van der Waals surface area contributed by atoms with Crippen LogP contribution >= 0.6 is 31.5 Å². The second kappa shape index (κ2) is 24.8. The van der Waals surface area contributed by atoms with Crippen LogP contribution in [-0.2, 0) is 28.5 Å². The Kier molecular flexibility index (Phi) is 18.8. The maximum atomic E-state index is 11.9. The fourth-order valence-electron chi connectivity index (χ4n) is 9.80. The van der Waals surface area contributed by atoms with Crippen LogP contribution in [0.2, 0.25) is 0 Å². The summed E-state index contributed by atoms with van der Waals surface area (Å²) in [5.74, 6) is 1.28. The van der Waals surface area contributed by atoms with Crippen molar-refractivity contribution in [1.29, 1.82) is 0 Å². The van der Waals surface area contributed by atoms with E-state index in [9.17, 15) is 9.59 Å². The fraction of sp³-hybridized carbons (Fsp3) is 0.250.